The molecule has 0 aromatic heterocycles. The molecule has 2 aromatic carbocycles. The summed E-state index contributed by atoms with van der Waals surface area (Å²) in [5, 5.41) is 3.64. The molecule has 3 rings (SSSR count). The Hall–Kier alpha value is -2.28. The van der Waals surface area contributed by atoms with Gasteiger partial charge in [-0.2, -0.15) is 0 Å². The Balaban J connectivity index is 1.99. The van der Waals surface area contributed by atoms with E-state index in [1.54, 1.807) is 0 Å². The van der Waals surface area contributed by atoms with E-state index in [0.29, 0.717) is 0 Å². The van der Waals surface area contributed by atoms with Gasteiger partial charge in [-0.15, -0.1) is 0 Å². The lowest BCUT2D eigenvalue weighted by molar-refractivity contribution is 1.01. The minimum absolute atomic E-state index is 1.03. The summed E-state index contributed by atoms with van der Waals surface area (Å²) in [4.78, 5) is 0. The Kier molecular flexibility index (Phi) is 3.42. The highest BCUT2D eigenvalue weighted by atomic mass is 14.9. The fraction of sp³-hybridized carbons (Fsp3) is 0.158. The molecule has 0 fully saturated rings. The number of benzene rings is 2. The first kappa shape index (κ1) is 12.7. The highest BCUT2D eigenvalue weighted by Crippen LogP contribution is 2.32. The molecule has 0 saturated heterocycles. The van der Waals surface area contributed by atoms with Crippen LogP contribution in [0.4, 0.5) is 0 Å². The van der Waals surface area contributed by atoms with Crippen LogP contribution in [0.15, 0.2) is 71.8 Å². The van der Waals surface area contributed by atoms with Gasteiger partial charge >= 0.3 is 0 Å². The number of rotatable bonds is 2. The van der Waals surface area contributed by atoms with Crippen molar-refractivity contribution in [3.8, 4) is 0 Å². The van der Waals surface area contributed by atoms with E-state index in [1.807, 2.05) is 0 Å². The van der Waals surface area contributed by atoms with Gasteiger partial charge in [0.15, 0.2) is 0 Å². The van der Waals surface area contributed by atoms with E-state index >= 15 is 0 Å². The molecular formula is C19H19N. The second-order valence-corrected chi connectivity index (χ2v) is 5.34. The fourth-order valence-corrected chi connectivity index (χ4v) is 2.76. The predicted octanol–water partition coefficient (Wildman–Crippen LogP) is 4.84. The number of allylic oxidation sites excluding steroid dienone is 2. The largest absolute Gasteiger partial charge is 0.355 e. The van der Waals surface area contributed by atoms with Crippen LogP contribution in [0.2, 0.25) is 0 Å². The van der Waals surface area contributed by atoms with Gasteiger partial charge in [-0.3, -0.25) is 0 Å². The van der Waals surface area contributed by atoms with Crippen molar-refractivity contribution in [3.05, 3.63) is 82.9 Å². The van der Waals surface area contributed by atoms with Crippen LogP contribution in [0, 0.1) is 0 Å². The van der Waals surface area contributed by atoms with Gasteiger partial charge in [0, 0.05) is 11.4 Å². The number of hydrogen-bond donors (Lipinski definition) is 1. The first-order chi connectivity index (χ1) is 9.75. The quantitative estimate of drug-likeness (QED) is 0.815. The molecule has 0 radical (unpaired) electrons. The minimum Gasteiger partial charge on any atom is -0.355 e. The van der Waals surface area contributed by atoms with Crippen LogP contribution in [-0.2, 0) is 0 Å². The van der Waals surface area contributed by atoms with Crippen LogP contribution in [0.1, 0.15) is 31.4 Å². The second-order valence-electron chi connectivity index (χ2n) is 5.34. The number of hydrogen-bond acceptors (Lipinski definition) is 1. The van der Waals surface area contributed by atoms with E-state index in [4.69, 9.17) is 0 Å². The van der Waals surface area contributed by atoms with E-state index in [2.05, 4.69) is 79.8 Å². The van der Waals surface area contributed by atoms with Gasteiger partial charge in [-0.25, -0.2) is 0 Å². The molecule has 0 amide bonds. The molecular weight excluding hydrogens is 242 g/mol. The van der Waals surface area contributed by atoms with Gasteiger partial charge in [0.2, 0.25) is 0 Å². The minimum atomic E-state index is 1.03. The van der Waals surface area contributed by atoms with Gasteiger partial charge < -0.3 is 5.32 Å². The molecule has 0 aliphatic carbocycles. The van der Waals surface area contributed by atoms with Crippen molar-refractivity contribution in [1.29, 1.82) is 0 Å². The van der Waals surface area contributed by atoms with Crippen LogP contribution < -0.4 is 5.32 Å². The zero-order valence-electron chi connectivity index (χ0n) is 12.0. The standard InChI is InChI=1S/C19H19N/c1-14-13-15(2)19(17-11-7-4-8-12-17)20-18(14)16-9-5-3-6-10-16/h3-12,20H,13H2,1-2H3. The van der Waals surface area contributed by atoms with E-state index in [-0.39, 0.29) is 0 Å². The van der Waals surface area contributed by atoms with Gasteiger partial charge in [-0.05, 0) is 42.5 Å². The maximum absolute atomic E-state index is 3.64. The third kappa shape index (κ3) is 2.39. The lowest BCUT2D eigenvalue weighted by atomic mass is 9.93. The molecule has 0 saturated carbocycles. The Labute approximate surface area is 120 Å². The topological polar surface area (TPSA) is 12.0 Å². The van der Waals surface area contributed by atoms with E-state index in [9.17, 15) is 0 Å². The second kappa shape index (κ2) is 5.38. The summed E-state index contributed by atoms with van der Waals surface area (Å²) >= 11 is 0. The van der Waals surface area contributed by atoms with Crippen molar-refractivity contribution >= 4 is 11.4 Å². The molecule has 1 N–H and O–H groups in total. The zero-order valence-corrected chi connectivity index (χ0v) is 12.0. The summed E-state index contributed by atoms with van der Waals surface area (Å²) in [6.07, 6.45) is 1.03. The SMILES string of the molecule is CC1=C(c2ccccc2)NC(c2ccccc2)=C(C)C1. The molecule has 2 aromatic rings. The number of nitrogens with one attached hydrogen (secondary N) is 1. The summed E-state index contributed by atoms with van der Waals surface area (Å²) in [5.41, 5.74) is 7.80. The molecule has 0 atom stereocenters. The van der Waals surface area contributed by atoms with Crippen molar-refractivity contribution in [1.82, 2.24) is 5.32 Å². The smallest absolute Gasteiger partial charge is 0.0450 e. The Morgan fingerprint density at radius 2 is 1.05 bits per heavy atom. The average Bonchev–Trinajstić information content (AvgIpc) is 2.49. The van der Waals surface area contributed by atoms with Crippen LogP contribution in [0.25, 0.3) is 11.4 Å². The van der Waals surface area contributed by atoms with Crippen LogP contribution >= 0.6 is 0 Å². The fourth-order valence-electron chi connectivity index (χ4n) is 2.76. The summed E-state index contributed by atoms with van der Waals surface area (Å²) in [7, 11) is 0. The molecule has 1 aliphatic rings. The molecule has 100 valence electrons. The molecule has 1 nitrogen and oxygen atoms in total. The van der Waals surface area contributed by atoms with Gasteiger partial charge in [0.05, 0.1) is 0 Å². The summed E-state index contributed by atoms with van der Waals surface area (Å²) in [6.45, 7) is 4.42. The highest BCUT2D eigenvalue weighted by Gasteiger charge is 2.17. The monoisotopic (exact) mass is 261 g/mol. The van der Waals surface area contributed by atoms with Gasteiger partial charge in [-0.1, -0.05) is 60.7 Å². The van der Waals surface area contributed by atoms with Crippen LogP contribution in [0.5, 0.6) is 0 Å². The van der Waals surface area contributed by atoms with E-state index in [0.717, 1.165) is 6.42 Å². The summed E-state index contributed by atoms with van der Waals surface area (Å²) in [5.74, 6) is 0. The Morgan fingerprint density at radius 3 is 1.45 bits per heavy atom. The maximum atomic E-state index is 3.64. The predicted molar refractivity (Wildman–Crippen MR) is 85.8 cm³/mol. The third-order valence-corrected chi connectivity index (χ3v) is 3.76. The third-order valence-electron chi connectivity index (χ3n) is 3.76. The summed E-state index contributed by atoms with van der Waals surface area (Å²) in [6, 6.07) is 21.1. The summed E-state index contributed by atoms with van der Waals surface area (Å²) < 4.78 is 0. The molecule has 1 aliphatic heterocycles. The van der Waals surface area contributed by atoms with Gasteiger partial charge in [0.1, 0.15) is 0 Å². The average molecular weight is 261 g/mol. The van der Waals surface area contributed by atoms with Crippen molar-refractivity contribution in [3.63, 3.8) is 0 Å². The van der Waals surface area contributed by atoms with Crippen molar-refractivity contribution < 1.29 is 0 Å². The Morgan fingerprint density at radius 1 is 0.650 bits per heavy atom. The lowest BCUT2D eigenvalue weighted by Gasteiger charge is -2.25. The lowest BCUT2D eigenvalue weighted by Crippen LogP contribution is -2.18. The van der Waals surface area contributed by atoms with E-state index in [1.165, 1.54) is 33.7 Å². The zero-order chi connectivity index (χ0) is 13.9. The van der Waals surface area contributed by atoms with Crippen molar-refractivity contribution in [2.45, 2.75) is 20.3 Å². The first-order valence-corrected chi connectivity index (χ1v) is 7.03. The molecule has 1 heterocycles. The normalized spacial score (nSPS) is 15.3. The molecule has 0 bridgehead atoms. The van der Waals surface area contributed by atoms with Gasteiger partial charge in [0.25, 0.3) is 0 Å². The molecule has 1 heteroatoms. The van der Waals surface area contributed by atoms with Crippen molar-refractivity contribution in [2.75, 3.05) is 0 Å². The first-order valence-electron chi connectivity index (χ1n) is 7.03. The van der Waals surface area contributed by atoms with Crippen molar-refractivity contribution in [2.24, 2.45) is 0 Å². The van der Waals surface area contributed by atoms with Crippen LogP contribution in [-0.4, -0.2) is 0 Å². The highest BCUT2D eigenvalue weighted by molar-refractivity contribution is 5.82. The molecule has 0 unspecified atom stereocenters. The number of dihydropyridines is 1. The van der Waals surface area contributed by atoms with E-state index < -0.39 is 0 Å². The molecule has 0 spiro atoms. The molecule has 20 heavy (non-hydrogen) atoms. The van der Waals surface area contributed by atoms with Crippen LogP contribution in [0.3, 0.4) is 0 Å². The Bertz CT molecular complexity index is 604. The maximum Gasteiger partial charge on any atom is 0.0450 e.